The molecule has 114 valence electrons. The molecule has 0 radical (unpaired) electrons. The summed E-state index contributed by atoms with van der Waals surface area (Å²) in [5.41, 5.74) is 2.17. The number of rotatable bonds is 4. The van der Waals surface area contributed by atoms with Crippen molar-refractivity contribution in [3.05, 3.63) is 15.9 Å². The maximum Gasteiger partial charge on any atom is 0.0845 e. The average Bonchev–Trinajstić information content (AvgIpc) is 2.64. The van der Waals surface area contributed by atoms with Gasteiger partial charge in [-0.05, 0) is 36.2 Å². The van der Waals surface area contributed by atoms with Gasteiger partial charge in [0.25, 0.3) is 0 Å². The Kier molecular flexibility index (Phi) is 5.16. The monoisotopic (exact) mass is 363 g/mol. The Labute approximate surface area is 134 Å². The lowest BCUT2D eigenvalue weighted by atomic mass is 10.1. The molecule has 1 aromatic heterocycles. The minimum Gasteiger partial charge on any atom is -0.368 e. The summed E-state index contributed by atoms with van der Waals surface area (Å²) in [6.07, 6.45) is 1.03. The zero-order valence-electron chi connectivity index (χ0n) is 12.6. The zero-order valence-corrected chi connectivity index (χ0v) is 15.0. The minimum absolute atomic E-state index is 0.0954. The summed E-state index contributed by atoms with van der Waals surface area (Å²) in [6, 6.07) is 0. The molecule has 6 heteroatoms. The zero-order chi connectivity index (χ0) is 14.9. The van der Waals surface area contributed by atoms with Gasteiger partial charge >= 0.3 is 0 Å². The molecule has 4 nitrogen and oxygen atoms in total. The van der Waals surface area contributed by atoms with Crippen molar-refractivity contribution in [2.75, 3.05) is 19.0 Å². The van der Waals surface area contributed by atoms with E-state index in [4.69, 9.17) is 16.3 Å². The largest absolute Gasteiger partial charge is 0.368 e. The van der Waals surface area contributed by atoms with Gasteiger partial charge in [0.05, 0.1) is 27.6 Å². The first-order valence-corrected chi connectivity index (χ1v) is 8.35. The van der Waals surface area contributed by atoms with Gasteiger partial charge in [-0.25, -0.2) is 0 Å². The van der Waals surface area contributed by atoms with E-state index in [-0.39, 0.29) is 11.7 Å². The summed E-state index contributed by atoms with van der Waals surface area (Å²) in [5.74, 6) is 0.534. The van der Waals surface area contributed by atoms with Gasteiger partial charge in [0.1, 0.15) is 0 Å². The van der Waals surface area contributed by atoms with Crippen molar-refractivity contribution in [1.82, 2.24) is 14.7 Å². The normalized spacial score (nSPS) is 23.2. The Hall–Kier alpha value is -0.100. The highest BCUT2D eigenvalue weighted by molar-refractivity contribution is 9.10. The summed E-state index contributed by atoms with van der Waals surface area (Å²) in [7, 11) is 2.00. The molecule has 0 N–H and O–H groups in total. The lowest BCUT2D eigenvalue weighted by Gasteiger charge is -2.42. The summed E-state index contributed by atoms with van der Waals surface area (Å²) >= 11 is 9.67. The number of hydrogen-bond donors (Lipinski definition) is 0. The van der Waals surface area contributed by atoms with E-state index in [2.05, 4.69) is 46.7 Å². The fraction of sp³-hybridized carbons (Fsp3) is 0.786. The molecule has 1 aromatic rings. The van der Waals surface area contributed by atoms with Crippen molar-refractivity contribution < 1.29 is 4.74 Å². The summed E-state index contributed by atoms with van der Waals surface area (Å²) in [5, 5.41) is 4.56. The summed E-state index contributed by atoms with van der Waals surface area (Å²) < 4.78 is 9.08. The molecular formula is C14H23BrClN3O. The van der Waals surface area contributed by atoms with Gasteiger partial charge in [-0.1, -0.05) is 6.92 Å². The Balaban J connectivity index is 2.15. The third-order valence-corrected chi connectivity index (χ3v) is 4.86. The highest BCUT2D eigenvalue weighted by Crippen LogP contribution is 2.27. The van der Waals surface area contributed by atoms with Crippen LogP contribution in [0.15, 0.2) is 4.47 Å². The quantitative estimate of drug-likeness (QED) is 0.770. The van der Waals surface area contributed by atoms with E-state index in [1.54, 1.807) is 0 Å². The Morgan fingerprint density at radius 1 is 1.50 bits per heavy atom. The van der Waals surface area contributed by atoms with Crippen LogP contribution in [0.1, 0.15) is 32.2 Å². The molecule has 0 aliphatic carbocycles. The van der Waals surface area contributed by atoms with Crippen molar-refractivity contribution >= 4 is 27.5 Å². The number of alkyl halides is 1. The van der Waals surface area contributed by atoms with Crippen LogP contribution in [0.2, 0.25) is 0 Å². The van der Waals surface area contributed by atoms with Gasteiger partial charge in [0, 0.05) is 32.6 Å². The first-order chi connectivity index (χ1) is 9.36. The van der Waals surface area contributed by atoms with Crippen molar-refractivity contribution in [3.8, 4) is 0 Å². The fourth-order valence-electron chi connectivity index (χ4n) is 2.82. The van der Waals surface area contributed by atoms with Gasteiger partial charge in [-0.3, -0.25) is 9.58 Å². The standard InChI is InChI=1S/C14H23BrClN3O/c1-5-11-13(15)12(18(4)17-11)8-19-7-10(6-16)20-14(2,3)9-19/h10H,5-9H2,1-4H3. The van der Waals surface area contributed by atoms with Gasteiger partial charge in [0.2, 0.25) is 0 Å². The van der Waals surface area contributed by atoms with Gasteiger partial charge in [-0.2, -0.15) is 5.10 Å². The molecule has 0 bridgehead atoms. The fourth-order valence-corrected chi connectivity index (χ4v) is 3.72. The van der Waals surface area contributed by atoms with Crippen molar-refractivity contribution in [3.63, 3.8) is 0 Å². The molecule has 0 amide bonds. The predicted octanol–water partition coefficient (Wildman–Crippen LogP) is 2.96. The maximum absolute atomic E-state index is 5.99. The second-order valence-corrected chi connectivity index (χ2v) is 7.11. The first kappa shape index (κ1) is 16.3. The van der Waals surface area contributed by atoms with E-state index in [9.17, 15) is 0 Å². The second-order valence-electron chi connectivity index (χ2n) is 6.01. The topological polar surface area (TPSA) is 30.3 Å². The third kappa shape index (κ3) is 3.56. The van der Waals surface area contributed by atoms with Crippen LogP contribution in [0.3, 0.4) is 0 Å². The number of aryl methyl sites for hydroxylation is 2. The maximum atomic E-state index is 5.99. The molecule has 2 heterocycles. The van der Waals surface area contributed by atoms with Crippen LogP contribution >= 0.6 is 27.5 Å². The number of hydrogen-bond acceptors (Lipinski definition) is 3. The molecule has 0 aromatic carbocycles. The van der Waals surface area contributed by atoms with Crippen LogP contribution in [0.5, 0.6) is 0 Å². The molecule has 20 heavy (non-hydrogen) atoms. The molecule has 1 unspecified atom stereocenters. The molecule has 2 rings (SSSR count). The molecule has 1 saturated heterocycles. The number of aromatic nitrogens is 2. The first-order valence-electron chi connectivity index (χ1n) is 7.02. The van der Waals surface area contributed by atoms with Crippen molar-refractivity contribution in [1.29, 1.82) is 0 Å². The molecule has 1 fully saturated rings. The summed E-state index contributed by atoms with van der Waals surface area (Å²) in [4.78, 5) is 2.40. The van der Waals surface area contributed by atoms with E-state index >= 15 is 0 Å². The summed E-state index contributed by atoms with van der Waals surface area (Å²) in [6.45, 7) is 9.00. The van der Waals surface area contributed by atoms with Crippen LogP contribution in [0, 0.1) is 0 Å². The molecule has 0 spiro atoms. The third-order valence-electron chi connectivity index (χ3n) is 3.60. The number of halogens is 2. The number of morpholine rings is 1. The minimum atomic E-state index is -0.156. The molecule has 1 aliphatic heterocycles. The SMILES string of the molecule is CCc1nn(C)c(CN2CC(CCl)OC(C)(C)C2)c1Br. The van der Waals surface area contributed by atoms with Gasteiger partial charge < -0.3 is 4.74 Å². The van der Waals surface area contributed by atoms with Crippen LogP contribution < -0.4 is 0 Å². The van der Waals surface area contributed by atoms with E-state index in [1.807, 2.05) is 11.7 Å². The van der Waals surface area contributed by atoms with Crippen LogP contribution in [0.25, 0.3) is 0 Å². The lowest BCUT2D eigenvalue weighted by Crippen LogP contribution is -2.53. The molecule has 1 aliphatic rings. The van der Waals surface area contributed by atoms with E-state index in [0.717, 1.165) is 36.2 Å². The molecular weight excluding hydrogens is 342 g/mol. The number of nitrogens with zero attached hydrogens (tertiary/aromatic N) is 3. The van der Waals surface area contributed by atoms with Crippen molar-refractivity contribution in [2.24, 2.45) is 7.05 Å². The van der Waals surface area contributed by atoms with Crippen LogP contribution in [-0.2, 0) is 24.8 Å². The molecule has 1 atom stereocenters. The van der Waals surface area contributed by atoms with E-state index in [0.29, 0.717) is 5.88 Å². The second kappa shape index (κ2) is 6.34. The van der Waals surface area contributed by atoms with Crippen LogP contribution in [-0.4, -0.2) is 45.4 Å². The smallest absolute Gasteiger partial charge is 0.0845 e. The van der Waals surface area contributed by atoms with E-state index in [1.165, 1.54) is 5.69 Å². The average molecular weight is 365 g/mol. The Morgan fingerprint density at radius 3 is 2.75 bits per heavy atom. The highest BCUT2D eigenvalue weighted by atomic mass is 79.9. The highest BCUT2D eigenvalue weighted by Gasteiger charge is 2.33. The van der Waals surface area contributed by atoms with Crippen LogP contribution in [0.4, 0.5) is 0 Å². The Morgan fingerprint density at radius 2 is 2.20 bits per heavy atom. The molecule has 0 saturated carbocycles. The Bertz CT molecular complexity index is 475. The van der Waals surface area contributed by atoms with Gasteiger partial charge in [-0.15, -0.1) is 11.6 Å². The number of ether oxygens (including phenoxy) is 1. The predicted molar refractivity (Wildman–Crippen MR) is 85.2 cm³/mol. The van der Waals surface area contributed by atoms with Gasteiger partial charge in [0.15, 0.2) is 0 Å². The van der Waals surface area contributed by atoms with Crippen molar-refractivity contribution in [2.45, 2.75) is 45.4 Å². The van der Waals surface area contributed by atoms with E-state index < -0.39 is 0 Å². The lowest BCUT2D eigenvalue weighted by molar-refractivity contribution is -0.129.